The highest BCUT2D eigenvalue weighted by Gasteiger charge is 2.28. The van der Waals surface area contributed by atoms with Crippen molar-refractivity contribution in [1.82, 2.24) is 4.90 Å². The SMILES string of the molecule is CC(=O)c1ccc(NC(=O)C2CCN(C(=O)c3ccc(F)c(F)c3)CC2)cc1. The van der Waals surface area contributed by atoms with E-state index in [1.165, 1.54) is 17.9 Å². The first-order chi connectivity index (χ1) is 13.3. The van der Waals surface area contributed by atoms with Crippen molar-refractivity contribution in [2.24, 2.45) is 5.92 Å². The number of nitrogens with one attached hydrogen (secondary N) is 1. The van der Waals surface area contributed by atoms with E-state index in [-0.39, 0.29) is 29.1 Å². The van der Waals surface area contributed by atoms with Crippen LogP contribution in [-0.4, -0.2) is 35.6 Å². The molecule has 1 aliphatic heterocycles. The first-order valence-electron chi connectivity index (χ1n) is 9.01. The maximum Gasteiger partial charge on any atom is 0.253 e. The van der Waals surface area contributed by atoms with Crippen molar-refractivity contribution in [3.63, 3.8) is 0 Å². The largest absolute Gasteiger partial charge is 0.339 e. The summed E-state index contributed by atoms with van der Waals surface area (Å²) in [4.78, 5) is 37.7. The molecule has 0 spiro atoms. The van der Waals surface area contributed by atoms with Gasteiger partial charge in [-0.05, 0) is 62.2 Å². The molecule has 0 aromatic heterocycles. The molecule has 0 unspecified atom stereocenters. The van der Waals surface area contributed by atoms with Crippen LogP contribution in [0, 0.1) is 17.6 Å². The van der Waals surface area contributed by atoms with Crippen molar-refractivity contribution in [2.75, 3.05) is 18.4 Å². The van der Waals surface area contributed by atoms with Crippen molar-refractivity contribution in [3.05, 3.63) is 65.2 Å². The quantitative estimate of drug-likeness (QED) is 0.816. The summed E-state index contributed by atoms with van der Waals surface area (Å²) in [6, 6.07) is 9.74. The van der Waals surface area contributed by atoms with Crippen molar-refractivity contribution >= 4 is 23.3 Å². The topological polar surface area (TPSA) is 66.5 Å². The smallest absolute Gasteiger partial charge is 0.253 e. The Bertz CT molecular complexity index is 904. The highest BCUT2D eigenvalue weighted by molar-refractivity contribution is 5.97. The zero-order valence-corrected chi connectivity index (χ0v) is 15.4. The monoisotopic (exact) mass is 386 g/mol. The molecule has 2 aromatic carbocycles. The maximum absolute atomic E-state index is 13.3. The summed E-state index contributed by atoms with van der Waals surface area (Å²) in [5.74, 6) is -2.87. The van der Waals surface area contributed by atoms with Gasteiger partial charge < -0.3 is 10.2 Å². The summed E-state index contributed by atoms with van der Waals surface area (Å²) in [5.41, 5.74) is 1.27. The molecule has 1 saturated heterocycles. The fourth-order valence-electron chi connectivity index (χ4n) is 3.19. The Hall–Kier alpha value is -3.09. The number of nitrogens with zero attached hydrogens (tertiary/aromatic N) is 1. The fraction of sp³-hybridized carbons (Fsp3) is 0.286. The molecular formula is C21H20F2N2O3. The van der Waals surface area contributed by atoms with Gasteiger partial charge in [0.05, 0.1) is 0 Å². The molecule has 146 valence electrons. The molecule has 0 aliphatic carbocycles. The summed E-state index contributed by atoms with van der Waals surface area (Å²) in [7, 11) is 0. The van der Waals surface area contributed by atoms with E-state index in [4.69, 9.17) is 0 Å². The van der Waals surface area contributed by atoms with Crippen molar-refractivity contribution in [3.8, 4) is 0 Å². The summed E-state index contributed by atoms with van der Waals surface area (Å²) in [6.45, 7) is 2.20. The minimum absolute atomic E-state index is 0.0454. The van der Waals surface area contributed by atoms with Crippen LogP contribution in [0.4, 0.5) is 14.5 Å². The molecule has 0 saturated carbocycles. The van der Waals surface area contributed by atoms with Crippen LogP contribution in [-0.2, 0) is 4.79 Å². The van der Waals surface area contributed by atoms with Gasteiger partial charge in [0, 0.05) is 35.8 Å². The molecule has 1 aliphatic rings. The molecule has 0 bridgehead atoms. The minimum Gasteiger partial charge on any atom is -0.339 e. The second kappa shape index (κ2) is 8.29. The lowest BCUT2D eigenvalue weighted by molar-refractivity contribution is -0.121. The van der Waals surface area contributed by atoms with Gasteiger partial charge >= 0.3 is 0 Å². The Morgan fingerprint density at radius 3 is 2.11 bits per heavy atom. The third-order valence-electron chi connectivity index (χ3n) is 4.88. The first-order valence-corrected chi connectivity index (χ1v) is 9.01. The van der Waals surface area contributed by atoms with Crippen LogP contribution in [0.1, 0.15) is 40.5 Å². The first kappa shape index (κ1) is 19.7. The molecule has 0 atom stereocenters. The number of Topliss-reactive ketones (excluding diaryl/α,β-unsaturated/α-hetero) is 1. The van der Waals surface area contributed by atoms with Crippen LogP contribution in [0.25, 0.3) is 0 Å². The molecule has 0 radical (unpaired) electrons. The van der Waals surface area contributed by atoms with Gasteiger partial charge in [-0.1, -0.05) is 0 Å². The van der Waals surface area contributed by atoms with Crippen LogP contribution >= 0.6 is 0 Å². The summed E-state index contributed by atoms with van der Waals surface area (Å²) >= 11 is 0. The number of anilines is 1. The number of amides is 2. The number of carbonyl (C=O) groups excluding carboxylic acids is 3. The molecule has 1 N–H and O–H groups in total. The third kappa shape index (κ3) is 4.42. The lowest BCUT2D eigenvalue weighted by atomic mass is 9.95. The molecule has 2 amide bonds. The Balaban J connectivity index is 1.55. The number of hydrogen-bond acceptors (Lipinski definition) is 3. The second-order valence-corrected chi connectivity index (χ2v) is 6.82. The zero-order valence-electron chi connectivity index (χ0n) is 15.4. The fourth-order valence-corrected chi connectivity index (χ4v) is 3.19. The number of ketones is 1. The Morgan fingerprint density at radius 1 is 0.929 bits per heavy atom. The lowest BCUT2D eigenvalue weighted by Crippen LogP contribution is -2.41. The van der Waals surface area contributed by atoms with Gasteiger partial charge in [0.15, 0.2) is 17.4 Å². The number of carbonyl (C=O) groups is 3. The van der Waals surface area contributed by atoms with Crippen LogP contribution in [0.2, 0.25) is 0 Å². The second-order valence-electron chi connectivity index (χ2n) is 6.82. The third-order valence-corrected chi connectivity index (χ3v) is 4.88. The summed E-state index contributed by atoms with van der Waals surface area (Å²) in [5, 5.41) is 2.82. The number of piperidine rings is 1. The van der Waals surface area contributed by atoms with Gasteiger partial charge in [-0.2, -0.15) is 0 Å². The summed E-state index contributed by atoms with van der Waals surface area (Å²) in [6.07, 6.45) is 0.958. The number of rotatable bonds is 4. The standard InChI is InChI=1S/C21H20F2N2O3/c1-13(26)14-2-5-17(6-3-14)24-20(27)15-8-10-25(11-9-15)21(28)16-4-7-18(22)19(23)12-16/h2-7,12,15H,8-11H2,1H3,(H,24,27). The van der Waals surface area contributed by atoms with E-state index in [0.717, 1.165) is 12.1 Å². The number of benzene rings is 2. The van der Waals surface area contributed by atoms with E-state index in [1.807, 2.05) is 0 Å². The van der Waals surface area contributed by atoms with Gasteiger partial charge in [-0.25, -0.2) is 8.78 Å². The molecule has 1 heterocycles. The lowest BCUT2D eigenvalue weighted by Gasteiger charge is -2.31. The Labute approximate surface area is 161 Å². The predicted molar refractivity (Wildman–Crippen MR) is 100 cm³/mol. The van der Waals surface area contributed by atoms with Crippen LogP contribution in [0.15, 0.2) is 42.5 Å². The molecule has 2 aromatic rings. The van der Waals surface area contributed by atoms with E-state index >= 15 is 0 Å². The van der Waals surface area contributed by atoms with Gasteiger partial charge in [-0.3, -0.25) is 14.4 Å². The number of hydrogen-bond donors (Lipinski definition) is 1. The minimum atomic E-state index is -1.06. The number of halogens is 2. The van der Waals surface area contributed by atoms with E-state index < -0.39 is 11.6 Å². The highest BCUT2D eigenvalue weighted by Crippen LogP contribution is 2.22. The van der Waals surface area contributed by atoms with Gasteiger partial charge in [0.2, 0.25) is 5.91 Å². The van der Waals surface area contributed by atoms with Crippen molar-refractivity contribution in [1.29, 1.82) is 0 Å². The molecular weight excluding hydrogens is 366 g/mol. The maximum atomic E-state index is 13.3. The molecule has 1 fully saturated rings. The molecule has 3 rings (SSSR count). The molecule has 5 nitrogen and oxygen atoms in total. The van der Waals surface area contributed by atoms with Crippen molar-refractivity contribution < 1.29 is 23.2 Å². The van der Waals surface area contributed by atoms with Crippen LogP contribution < -0.4 is 5.32 Å². The average Bonchev–Trinajstić information content (AvgIpc) is 2.70. The average molecular weight is 386 g/mol. The van der Waals surface area contributed by atoms with Crippen molar-refractivity contribution in [2.45, 2.75) is 19.8 Å². The number of likely N-dealkylation sites (tertiary alicyclic amines) is 1. The highest BCUT2D eigenvalue weighted by atomic mass is 19.2. The normalized spacial score (nSPS) is 14.6. The van der Waals surface area contributed by atoms with E-state index in [2.05, 4.69) is 5.32 Å². The Kier molecular flexibility index (Phi) is 5.82. The van der Waals surface area contributed by atoms with E-state index in [1.54, 1.807) is 24.3 Å². The van der Waals surface area contributed by atoms with Gasteiger partial charge in [0.25, 0.3) is 5.91 Å². The Morgan fingerprint density at radius 2 is 1.54 bits per heavy atom. The van der Waals surface area contributed by atoms with Crippen LogP contribution in [0.5, 0.6) is 0 Å². The van der Waals surface area contributed by atoms with E-state index in [0.29, 0.717) is 37.2 Å². The summed E-state index contributed by atoms with van der Waals surface area (Å²) < 4.78 is 26.4. The van der Waals surface area contributed by atoms with E-state index in [9.17, 15) is 23.2 Å². The molecule has 7 heteroatoms. The zero-order chi connectivity index (χ0) is 20.3. The van der Waals surface area contributed by atoms with Crippen LogP contribution in [0.3, 0.4) is 0 Å². The molecule has 28 heavy (non-hydrogen) atoms. The predicted octanol–water partition coefficient (Wildman–Crippen LogP) is 3.66. The van der Waals surface area contributed by atoms with Gasteiger partial charge in [0.1, 0.15) is 0 Å². The van der Waals surface area contributed by atoms with Gasteiger partial charge in [-0.15, -0.1) is 0 Å².